The quantitative estimate of drug-likeness (QED) is 0.638. The number of carbonyl (C=O) groups is 2. The second kappa shape index (κ2) is 5.84. The highest BCUT2D eigenvalue weighted by Crippen LogP contribution is 2.24. The Morgan fingerprint density at radius 3 is 2.62 bits per heavy atom. The number of hydrogen-bond donors (Lipinski definition) is 3. The van der Waals surface area contributed by atoms with Gasteiger partial charge >= 0.3 is 5.97 Å². The largest absolute Gasteiger partial charge is 0.481 e. The van der Waals surface area contributed by atoms with Crippen LogP contribution in [0.25, 0.3) is 0 Å². The molecule has 1 amide bonds. The van der Waals surface area contributed by atoms with Gasteiger partial charge < -0.3 is 16.2 Å². The zero-order chi connectivity index (χ0) is 12.1. The number of carboxylic acid groups (broad SMARTS) is 1. The predicted octanol–water partition coefficient (Wildman–Crippen LogP) is 0.483. The molecule has 0 aliphatic heterocycles. The summed E-state index contributed by atoms with van der Waals surface area (Å²) in [5.74, 6) is -0.950. The van der Waals surface area contributed by atoms with Gasteiger partial charge in [-0.3, -0.25) is 9.59 Å². The van der Waals surface area contributed by atoms with E-state index in [2.05, 4.69) is 5.32 Å². The molecule has 3 atom stereocenters. The first-order chi connectivity index (χ1) is 7.52. The van der Waals surface area contributed by atoms with Gasteiger partial charge in [-0.2, -0.15) is 0 Å². The highest BCUT2D eigenvalue weighted by atomic mass is 16.4. The predicted molar refractivity (Wildman–Crippen MR) is 59.8 cm³/mol. The van der Waals surface area contributed by atoms with Gasteiger partial charge in [0.05, 0.1) is 6.42 Å². The Kier molecular flexibility index (Phi) is 4.73. The normalized spacial score (nSPS) is 26.4. The molecule has 0 radical (unpaired) electrons. The summed E-state index contributed by atoms with van der Waals surface area (Å²) in [6.45, 7) is 1.87. The van der Waals surface area contributed by atoms with Gasteiger partial charge in [-0.1, -0.05) is 6.92 Å². The van der Waals surface area contributed by atoms with Crippen LogP contribution in [0.1, 0.15) is 39.0 Å². The van der Waals surface area contributed by atoms with Crippen LogP contribution in [0.5, 0.6) is 0 Å². The Hall–Kier alpha value is -1.10. The first-order valence-electron chi connectivity index (χ1n) is 5.80. The van der Waals surface area contributed by atoms with Crippen molar-refractivity contribution in [3.63, 3.8) is 0 Å². The SMILES string of the molecule is CCC(CC(=O)O)NC(=O)C1CCC(N)C1. The van der Waals surface area contributed by atoms with Crippen LogP contribution >= 0.6 is 0 Å². The van der Waals surface area contributed by atoms with Crippen LogP contribution in [0.4, 0.5) is 0 Å². The summed E-state index contributed by atoms with van der Waals surface area (Å²) < 4.78 is 0. The number of amides is 1. The van der Waals surface area contributed by atoms with Gasteiger partial charge in [-0.25, -0.2) is 0 Å². The van der Waals surface area contributed by atoms with Gasteiger partial charge in [0.2, 0.25) is 5.91 Å². The van der Waals surface area contributed by atoms with Crippen LogP contribution in [0, 0.1) is 5.92 Å². The maximum absolute atomic E-state index is 11.8. The van der Waals surface area contributed by atoms with Crippen LogP contribution < -0.4 is 11.1 Å². The minimum Gasteiger partial charge on any atom is -0.481 e. The molecule has 16 heavy (non-hydrogen) atoms. The number of carboxylic acids is 1. The van der Waals surface area contributed by atoms with Crippen LogP contribution in [-0.4, -0.2) is 29.1 Å². The van der Waals surface area contributed by atoms with Crippen molar-refractivity contribution in [1.82, 2.24) is 5.32 Å². The van der Waals surface area contributed by atoms with Crippen LogP contribution in [0.2, 0.25) is 0 Å². The monoisotopic (exact) mass is 228 g/mol. The van der Waals surface area contributed by atoms with Gasteiger partial charge in [0, 0.05) is 18.0 Å². The number of hydrogen-bond acceptors (Lipinski definition) is 3. The Bertz CT molecular complexity index is 268. The third kappa shape index (κ3) is 3.81. The third-order valence-electron chi connectivity index (χ3n) is 3.10. The fourth-order valence-electron chi connectivity index (χ4n) is 2.08. The topological polar surface area (TPSA) is 92.4 Å². The molecular formula is C11H20N2O3. The van der Waals surface area contributed by atoms with E-state index in [0.29, 0.717) is 6.42 Å². The summed E-state index contributed by atoms with van der Waals surface area (Å²) in [6, 6.07) is -0.142. The van der Waals surface area contributed by atoms with Crippen LogP contribution in [0.3, 0.4) is 0 Å². The Balaban J connectivity index is 2.39. The molecule has 0 bridgehead atoms. The van der Waals surface area contributed by atoms with Gasteiger partial charge in [0.1, 0.15) is 0 Å². The molecular weight excluding hydrogens is 208 g/mol. The fourth-order valence-corrected chi connectivity index (χ4v) is 2.08. The summed E-state index contributed by atoms with van der Waals surface area (Å²) in [5, 5.41) is 11.4. The van der Waals surface area contributed by atoms with Gasteiger partial charge in [0.15, 0.2) is 0 Å². The highest BCUT2D eigenvalue weighted by Gasteiger charge is 2.28. The van der Waals surface area contributed by atoms with Gasteiger partial charge in [0.25, 0.3) is 0 Å². The van der Waals surface area contributed by atoms with Crippen molar-refractivity contribution >= 4 is 11.9 Å². The fraction of sp³-hybridized carbons (Fsp3) is 0.818. The molecule has 4 N–H and O–H groups in total. The average molecular weight is 228 g/mol. The van der Waals surface area contributed by atoms with E-state index in [-0.39, 0.29) is 30.3 Å². The zero-order valence-electron chi connectivity index (χ0n) is 9.61. The van der Waals surface area contributed by atoms with Crippen molar-refractivity contribution in [2.24, 2.45) is 11.7 Å². The first-order valence-corrected chi connectivity index (χ1v) is 5.80. The minimum absolute atomic E-state index is 0.0129. The van der Waals surface area contributed by atoms with Crippen molar-refractivity contribution in [2.75, 3.05) is 0 Å². The van der Waals surface area contributed by atoms with Crippen molar-refractivity contribution < 1.29 is 14.7 Å². The van der Waals surface area contributed by atoms with Crippen molar-refractivity contribution in [3.8, 4) is 0 Å². The van der Waals surface area contributed by atoms with E-state index in [0.717, 1.165) is 19.3 Å². The maximum Gasteiger partial charge on any atom is 0.305 e. The Morgan fingerprint density at radius 2 is 2.19 bits per heavy atom. The van der Waals surface area contributed by atoms with E-state index in [1.54, 1.807) is 0 Å². The van der Waals surface area contributed by atoms with Crippen LogP contribution in [-0.2, 0) is 9.59 Å². The number of carbonyl (C=O) groups excluding carboxylic acids is 1. The number of nitrogens with two attached hydrogens (primary N) is 1. The molecule has 5 heteroatoms. The molecule has 0 aromatic carbocycles. The molecule has 0 aromatic heterocycles. The molecule has 1 saturated carbocycles. The molecule has 0 spiro atoms. The summed E-state index contributed by atoms with van der Waals surface area (Å²) in [6.07, 6.45) is 3.04. The Labute approximate surface area is 95.4 Å². The lowest BCUT2D eigenvalue weighted by Gasteiger charge is -2.17. The molecule has 0 aromatic rings. The maximum atomic E-state index is 11.8. The van der Waals surface area contributed by atoms with Crippen LogP contribution in [0.15, 0.2) is 0 Å². The summed E-state index contributed by atoms with van der Waals surface area (Å²) in [7, 11) is 0. The van der Waals surface area contributed by atoms with E-state index in [4.69, 9.17) is 10.8 Å². The smallest absolute Gasteiger partial charge is 0.305 e. The summed E-state index contributed by atoms with van der Waals surface area (Å²) >= 11 is 0. The summed E-state index contributed by atoms with van der Waals surface area (Å²) in [5.41, 5.74) is 5.73. The van der Waals surface area contributed by atoms with Gasteiger partial charge in [-0.05, 0) is 25.7 Å². The van der Waals surface area contributed by atoms with E-state index in [1.165, 1.54) is 0 Å². The molecule has 1 aliphatic rings. The molecule has 0 heterocycles. The molecule has 1 rings (SSSR count). The second-order valence-corrected chi connectivity index (χ2v) is 4.48. The lowest BCUT2D eigenvalue weighted by Crippen LogP contribution is -2.39. The molecule has 1 fully saturated rings. The van der Waals surface area contributed by atoms with Gasteiger partial charge in [-0.15, -0.1) is 0 Å². The molecule has 3 unspecified atom stereocenters. The second-order valence-electron chi connectivity index (χ2n) is 4.48. The van der Waals surface area contributed by atoms with E-state index < -0.39 is 5.97 Å². The van der Waals surface area contributed by atoms with Crippen molar-refractivity contribution in [1.29, 1.82) is 0 Å². The number of rotatable bonds is 5. The highest BCUT2D eigenvalue weighted by molar-refractivity contribution is 5.80. The minimum atomic E-state index is -0.879. The van der Waals surface area contributed by atoms with E-state index >= 15 is 0 Å². The van der Waals surface area contributed by atoms with E-state index in [1.807, 2.05) is 6.92 Å². The molecule has 92 valence electrons. The molecule has 5 nitrogen and oxygen atoms in total. The molecule has 1 aliphatic carbocycles. The van der Waals surface area contributed by atoms with Crippen molar-refractivity contribution in [3.05, 3.63) is 0 Å². The standard InChI is InChI=1S/C11H20N2O3/c1-2-9(6-10(14)15)13-11(16)7-3-4-8(12)5-7/h7-9H,2-6,12H2,1H3,(H,13,16)(H,14,15). The third-order valence-corrected chi connectivity index (χ3v) is 3.10. The van der Waals surface area contributed by atoms with E-state index in [9.17, 15) is 9.59 Å². The first kappa shape index (κ1) is 13.0. The zero-order valence-corrected chi connectivity index (χ0v) is 9.61. The average Bonchev–Trinajstić information content (AvgIpc) is 2.63. The molecule has 0 saturated heterocycles. The lowest BCUT2D eigenvalue weighted by molar-refractivity contribution is -0.137. The number of aliphatic carboxylic acids is 1. The summed E-state index contributed by atoms with van der Waals surface area (Å²) in [4.78, 5) is 22.3. The Morgan fingerprint density at radius 1 is 1.50 bits per heavy atom. The number of nitrogens with one attached hydrogen (secondary N) is 1. The lowest BCUT2D eigenvalue weighted by atomic mass is 10.1. The van der Waals surface area contributed by atoms with Crippen molar-refractivity contribution in [2.45, 2.75) is 51.1 Å².